The first-order valence-electron chi connectivity index (χ1n) is 3.68. The van der Waals surface area contributed by atoms with Gasteiger partial charge in [-0.1, -0.05) is 25.3 Å². The second kappa shape index (κ2) is 4.92. The fourth-order valence-electron chi connectivity index (χ4n) is 0.884. The highest BCUT2D eigenvalue weighted by Gasteiger charge is 1.97. The minimum Gasteiger partial charge on any atom is -0.317 e. The van der Waals surface area contributed by atoms with E-state index in [0.717, 1.165) is 0 Å². The maximum atomic E-state index is 10.5. The highest BCUT2D eigenvalue weighted by molar-refractivity contribution is 7.97. The lowest BCUT2D eigenvalue weighted by atomic mass is 10.3. The minimum absolute atomic E-state index is 0.434. The maximum Gasteiger partial charge on any atom is 0.280 e. The van der Waals surface area contributed by atoms with Crippen molar-refractivity contribution >= 4 is 47.1 Å². The van der Waals surface area contributed by atoms with Crippen molar-refractivity contribution in [2.45, 2.75) is 0 Å². The Morgan fingerprint density at radius 2 is 1.14 bits per heavy atom. The summed E-state index contributed by atoms with van der Waals surface area (Å²) in [5.41, 5.74) is 1.23. The van der Waals surface area contributed by atoms with Gasteiger partial charge in [-0.2, -0.15) is 0 Å². The Labute approximate surface area is 91.9 Å². The van der Waals surface area contributed by atoms with E-state index in [9.17, 15) is 9.59 Å². The first-order chi connectivity index (χ1) is 6.58. The van der Waals surface area contributed by atoms with Crippen LogP contribution in [-0.4, -0.2) is 10.5 Å². The first-order valence-corrected chi connectivity index (χ1v) is 4.57. The Morgan fingerprint density at radius 1 is 0.857 bits per heavy atom. The molecule has 0 spiro atoms. The van der Waals surface area contributed by atoms with E-state index in [-0.39, 0.29) is 0 Å². The lowest BCUT2D eigenvalue weighted by molar-refractivity contribution is 0.269. The van der Waals surface area contributed by atoms with Gasteiger partial charge in [-0.15, -0.1) is 0 Å². The first kappa shape index (κ1) is 10.9. The zero-order valence-electron chi connectivity index (χ0n) is 7.02. The van der Waals surface area contributed by atoms with Gasteiger partial charge in [-0.3, -0.25) is 9.59 Å². The van der Waals surface area contributed by atoms with Crippen LogP contribution in [-0.2, 0) is 0 Å². The molecule has 6 heteroatoms. The largest absolute Gasteiger partial charge is 0.317 e. The van der Waals surface area contributed by atoms with Crippen LogP contribution in [0, 0.1) is 0 Å². The Bertz CT molecular complexity index is 316. The molecule has 1 aromatic carbocycles. The van der Waals surface area contributed by atoms with Gasteiger partial charge in [0.05, 0.1) is 0 Å². The van der Waals surface area contributed by atoms with Gasteiger partial charge in [0.15, 0.2) is 0 Å². The number of anilines is 2. The van der Waals surface area contributed by atoms with Crippen LogP contribution in [0.15, 0.2) is 24.3 Å². The van der Waals surface area contributed by atoms with Gasteiger partial charge in [0.25, 0.3) is 10.5 Å². The van der Waals surface area contributed by atoms with Crippen LogP contribution in [0.1, 0.15) is 0 Å². The van der Waals surface area contributed by atoms with Gasteiger partial charge in [-0.25, -0.2) is 0 Å². The fourth-order valence-corrected chi connectivity index (χ4v) is 1.14. The molecule has 0 aliphatic rings. The molecule has 0 heterocycles. The normalized spacial score (nSPS) is 9.29. The molecule has 0 atom stereocenters. The molecular weight excluding hydrogens is 220 g/mol. The third kappa shape index (κ3) is 3.71. The molecule has 0 bridgehead atoms. The molecular formula is C8H8N2O2S2. The number of carbonyl (C=O) groups is 2. The van der Waals surface area contributed by atoms with Gasteiger partial charge in [0.1, 0.15) is 0 Å². The predicted octanol–water partition coefficient (Wildman–Crippen LogP) is 2.61. The van der Waals surface area contributed by atoms with Gasteiger partial charge < -0.3 is 10.6 Å². The van der Waals surface area contributed by atoms with E-state index in [1.807, 2.05) is 0 Å². The number of nitrogens with one attached hydrogen (secondary N) is 2. The topological polar surface area (TPSA) is 58.2 Å². The number of hydrogen-bond acceptors (Lipinski definition) is 2. The van der Waals surface area contributed by atoms with E-state index in [0.29, 0.717) is 11.4 Å². The van der Waals surface area contributed by atoms with Crippen molar-refractivity contribution in [3.63, 3.8) is 0 Å². The quantitative estimate of drug-likeness (QED) is 0.588. The van der Waals surface area contributed by atoms with E-state index in [1.54, 1.807) is 24.3 Å². The molecule has 1 rings (SSSR count). The molecule has 4 nitrogen and oxygen atoms in total. The smallest absolute Gasteiger partial charge is 0.280 e. The molecule has 74 valence electrons. The number of rotatable bonds is 2. The Hall–Kier alpha value is -1.14. The summed E-state index contributed by atoms with van der Waals surface area (Å²) in [5, 5.41) is 4.09. The molecule has 1 aromatic rings. The van der Waals surface area contributed by atoms with Gasteiger partial charge >= 0.3 is 0 Å². The Kier molecular flexibility index (Phi) is 3.84. The molecule has 0 saturated carbocycles. The van der Waals surface area contributed by atoms with Crippen molar-refractivity contribution in [3.8, 4) is 0 Å². The van der Waals surface area contributed by atoms with Crippen LogP contribution in [0.25, 0.3) is 0 Å². The lowest BCUT2D eigenvalue weighted by Gasteiger charge is -2.03. The Balaban J connectivity index is 2.68. The molecule has 14 heavy (non-hydrogen) atoms. The second-order valence-electron chi connectivity index (χ2n) is 2.44. The van der Waals surface area contributed by atoms with Crippen molar-refractivity contribution in [1.82, 2.24) is 0 Å². The number of carbonyl (C=O) groups excluding carboxylic acids is 2. The van der Waals surface area contributed by atoms with E-state index >= 15 is 0 Å². The molecule has 0 aliphatic heterocycles. The summed E-state index contributed by atoms with van der Waals surface area (Å²) in [6.07, 6.45) is 0. The molecule has 0 fully saturated rings. The fraction of sp³-hybridized carbons (Fsp3) is 0. The number of thiol groups is 2. The monoisotopic (exact) mass is 228 g/mol. The minimum atomic E-state index is -0.434. The number of benzene rings is 1. The van der Waals surface area contributed by atoms with Crippen molar-refractivity contribution in [2.24, 2.45) is 0 Å². The van der Waals surface area contributed by atoms with E-state index in [2.05, 4.69) is 35.9 Å². The summed E-state index contributed by atoms with van der Waals surface area (Å²) in [4.78, 5) is 21.1. The van der Waals surface area contributed by atoms with Crippen molar-refractivity contribution in [3.05, 3.63) is 24.3 Å². The van der Waals surface area contributed by atoms with Gasteiger partial charge in [-0.05, 0) is 24.3 Å². The summed E-state index contributed by atoms with van der Waals surface area (Å²) in [5.74, 6) is 0. The van der Waals surface area contributed by atoms with Crippen LogP contribution in [0.5, 0.6) is 0 Å². The molecule has 0 aliphatic carbocycles. The average Bonchev–Trinajstić information content (AvgIpc) is 2.06. The van der Waals surface area contributed by atoms with E-state index < -0.39 is 10.5 Å². The van der Waals surface area contributed by atoms with Crippen LogP contribution in [0.2, 0.25) is 0 Å². The van der Waals surface area contributed by atoms with Crippen LogP contribution in [0.3, 0.4) is 0 Å². The molecule has 0 saturated heterocycles. The average molecular weight is 228 g/mol. The maximum absolute atomic E-state index is 10.5. The van der Waals surface area contributed by atoms with Crippen molar-refractivity contribution < 1.29 is 9.59 Å². The summed E-state index contributed by atoms with van der Waals surface area (Å²) >= 11 is 7.12. The van der Waals surface area contributed by atoms with Crippen LogP contribution >= 0.6 is 25.3 Å². The van der Waals surface area contributed by atoms with Crippen LogP contribution < -0.4 is 10.6 Å². The van der Waals surface area contributed by atoms with E-state index in [4.69, 9.17) is 0 Å². The highest BCUT2D eigenvalue weighted by atomic mass is 32.1. The molecule has 2 amide bonds. The summed E-state index contributed by atoms with van der Waals surface area (Å²) < 4.78 is 0. The Morgan fingerprint density at radius 3 is 1.36 bits per heavy atom. The van der Waals surface area contributed by atoms with Gasteiger partial charge in [0, 0.05) is 11.4 Å². The lowest BCUT2D eigenvalue weighted by Crippen LogP contribution is -2.03. The highest BCUT2D eigenvalue weighted by Crippen LogP contribution is 2.14. The molecule has 2 N–H and O–H groups in total. The molecule has 0 aromatic heterocycles. The zero-order chi connectivity index (χ0) is 10.6. The van der Waals surface area contributed by atoms with Crippen LogP contribution in [0.4, 0.5) is 21.0 Å². The van der Waals surface area contributed by atoms with Crippen molar-refractivity contribution in [1.29, 1.82) is 0 Å². The predicted molar refractivity (Wildman–Crippen MR) is 62.5 cm³/mol. The molecule has 0 unspecified atom stereocenters. The third-order valence-corrected chi connectivity index (χ3v) is 1.61. The third-order valence-electron chi connectivity index (χ3n) is 1.39. The summed E-state index contributed by atoms with van der Waals surface area (Å²) in [7, 11) is 0. The standard InChI is InChI=1S/C8H8N2O2S2/c11-7(13)9-5-1-2-6(4-3-5)10-8(12)14/h1-4H,(H2,9,11,13)(H2,10,12,14). The second-order valence-corrected chi connectivity index (χ2v) is 3.25. The number of hydrogen-bond donors (Lipinski definition) is 4. The zero-order valence-corrected chi connectivity index (χ0v) is 8.81. The SMILES string of the molecule is O=C(S)Nc1ccc(NC(=O)S)cc1. The molecule has 0 radical (unpaired) electrons. The summed E-state index contributed by atoms with van der Waals surface area (Å²) in [6, 6.07) is 6.58. The number of amides is 2. The van der Waals surface area contributed by atoms with E-state index in [1.165, 1.54) is 0 Å². The van der Waals surface area contributed by atoms with Gasteiger partial charge in [0.2, 0.25) is 0 Å². The summed E-state index contributed by atoms with van der Waals surface area (Å²) in [6.45, 7) is 0. The van der Waals surface area contributed by atoms with Crippen molar-refractivity contribution in [2.75, 3.05) is 10.6 Å².